The van der Waals surface area contributed by atoms with Gasteiger partial charge < -0.3 is 10.1 Å². The molecule has 2 unspecified atom stereocenters. The third-order valence-electron chi connectivity index (χ3n) is 5.71. The number of carbonyl (C=O) groups is 1. The van der Waals surface area contributed by atoms with Gasteiger partial charge in [0, 0.05) is 37.8 Å². The number of ether oxygens (including phenoxy) is 1. The quantitative estimate of drug-likeness (QED) is 0.604. The molecule has 0 saturated carbocycles. The van der Waals surface area contributed by atoms with Gasteiger partial charge in [-0.2, -0.15) is 5.10 Å². The van der Waals surface area contributed by atoms with Gasteiger partial charge in [0.1, 0.15) is 6.54 Å². The van der Waals surface area contributed by atoms with Crippen LogP contribution >= 0.6 is 0 Å². The topological polar surface area (TPSA) is 76.5 Å². The zero-order valence-electron chi connectivity index (χ0n) is 19.1. The van der Waals surface area contributed by atoms with E-state index in [1.54, 1.807) is 6.07 Å². The van der Waals surface area contributed by atoms with Crippen molar-refractivity contribution in [3.05, 3.63) is 88.2 Å². The van der Waals surface area contributed by atoms with Gasteiger partial charge in [0.05, 0.1) is 17.9 Å². The first-order valence-electron chi connectivity index (χ1n) is 11.3. The summed E-state index contributed by atoms with van der Waals surface area (Å²) in [6.07, 6.45) is 0.413. The smallest absolute Gasteiger partial charge is 0.267 e. The van der Waals surface area contributed by atoms with E-state index in [2.05, 4.69) is 35.2 Å². The molecule has 2 aromatic carbocycles. The maximum Gasteiger partial charge on any atom is 0.267 e. The summed E-state index contributed by atoms with van der Waals surface area (Å²) in [5.41, 5.74) is 3.49. The monoisotopic (exact) mass is 446 g/mol. The molecule has 2 atom stereocenters. The molecule has 3 aromatic rings. The molecule has 1 aliphatic heterocycles. The Bertz CT molecular complexity index is 1140. The van der Waals surface area contributed by atoms with Crippen LogP contribution in [0.15, 0.2) is 71.5 Å². The summed E-state index contributed by atoms with van der Waals surface area (Å²) in [5, 5.41) is 7.32. The molecule has 0 aliphatic carbocycles. The normalized spacial score (nSPS) is 18.7. The van der Waals surface area contributed by atoms with Gasteiger partial charge >= 0.3 is 0 Å². The van der Waals surface area contributed by atoms with Crippen molar-refractivity contribution in [2.24, 2.45) is 0 Å². The van der Waals surface area contributed by atoms with E-state index < -0.39 is 0 Å². The minimum atomic E-state index is -0.305. The van der Waals surface area contributed by atoms with Crippen molar-refractivity contribution in [1.82, 2.24) is 20.0 Å². The lowest BCUT2D eigenvalue weighted by atomic mass is 10.1. The number of rotatable bonds is 7. The standard InChI is InChI=1S/C26H30N4O3/c1-19-15-29(16-20(2)33-19)17-23-11-7-6-10-22(23)14-27-25(31)18-30-26(32)13-12-24(28-30)21-8-4-3-5-9-21/h3-13,19-20H,14-18H2,1-2H3,(H,27,31). The first-order valence-corrected chi connectivity index (χ1v) is 11.3. The summed E-state index contributed by atoms with van der Waals surface area (Å²) >= 11 is 0. The fraction of sp³-hybridized carbons (Fsp3) is 0.346. The van der Waals surface area contributed by atoms with Crippen LogP contribution in [0, 0.1) is 0 Å². The van der Waals surface area contributed by atoms with Crippen molar-refractivity contribution < 1.29 is 9.53 Å². The molecule has 2 heterocycles. The molecule has 0 spiro atoms. The van der Waals surface area contributed by atoms with E-state index in [-0.39, 0.29) is 30.2 Å². The lowest BCUT2D eigenvalue weighted by molar-refractivity contribution is -0.122. The van der Waals surface area contributed by atoms with Gasteiger partial charge in [0.25, 0.3) is 5.56 Å². The minimum absolute atomic E-state index is 0.125. The molecular formula is C26H30N4O3. The first-order chi connectivity index (χ1) is 16.0. The van der Waals surface area contributed by atoms with Gasteiger partial charge in [-0.3, -0.25) is 14.5 Å². The second-order valence-electron chi connectivity index (χ2n) is 8.58. The third kappa shape index (κ3) is 6.15. The first kappa shape index (κ1) is 22.9. The summed E-state index contributed by atoms with van der Waals surface area (Å²) in [7, 11) is 0. The zero-order valence-corrected chi connectivity index (χ0v) is 19.1. The van der Waals surface area contributed by atoms with E-state index in [0.29, 0.717) is 12.2 Å². The molecule has 1 N–H and O–H groups in total. The Morgan fingerprint density at radius 2 is 1.64 bits per heavy atom. The average Bonchev–Trinajstić information content (AvgIpc) is 2.80. The molecule has 7 nitrogen and oxygen atoms in total. The van der Waals surface area contributed by atoms with Crippen LogP contribution in [0.5, 0.6) is 0 Å². The van der Waals surface area contributed by atoms with E-state index in [1.165, 1.54) is 16.3 Å². The second kappa shape index (κ2) is 10.6. The summed E-state index contributed by atoms with van der Waals surface area (Å²) in [6, 6.07) is 20.8. The van der Waals surface area contributed by atoms with Gasteiger partial charge in [-0.25, -0.2) is 4.68 Å². The maximum atomic E-state index is 12.6. The summed E-state index contributed by atoms with van der Waals surface area (Å²) in [5.74, 6) is -0.252. The van der Waals surface area contributed by atoms with Crippen molar-refractivity contribution in [2.45, 2.75) is 45.7 Å². The highest BCUT2D eigenvalue weighted by molar-refractivity contribution is 5.75. The molecule has 4 rings (SSSR count). The SMILES string of the molecule is CC1CN(Cc2ccccc2CNC(=O)Cn2nc(-c3ccccc3)ccc2=O)CC(C)O1. The molecule has 1 amide bonds. The zero-order chi connectivity index (χ0) is 23.2. The average molecular weight is 447 g/mol. The third-order valence-corrected chi connectivity index (χ3v) is 5.71. The largest absolute Gasteiger partial charge is 0.373 e. The van der Waals surface area contributed by atoms with Crippen molar-refractivity contribution in [3.8, 4) is 11.3 Å². The van der Waals surface area contributed by atoms with Gasteiger partial charge in [0.15, 0.2) is 0 Å². The Labute approximate surface area is 194 Å². The van der Waals surface area contributed by atoms with E-state index in [1.807, 2.05) is 48.5 Å². The molecule has 1 aromatic heterocycles. The van der Waals surface area contributed by atoms with E-state index >= 15 is 0 Å². The number of benzene rings is 2. The minimum Gasteiger partial charge on any atom is -0.373 e. The highest BCUT2D eigenvalue weighted by Gasteiger charge is 2.22. The number of amides is 1. The van der Waals surface area contributed by atoms with Crippen molar-refractivity contribution in [2.75, 3.05) is 13.1 Å². The molecular weight excluding hydrogens is 416 g/mol. The Morgan fingerprint density at radius 1 is 0.970 bits per heavy atom. The lowest BCUT2D eigenvalue weighted by Gasteiger charge is -2.35. The fourth-order valence-corrected chi connectivity index (χ4v) is 4.25. The molecule has 33 heavy (non-hydrogen) atoms. The van der Waals surface area contributed by atoms with Crippen LogP contribution in [0.25, 0.3) is 11.3 Å². The summed E-state index contributed by atoms with van der Waals surface area (Å²) in [4.78, 5) is 27.3. The Balaban J connectivity index is 1.39. The van der Waals surface area contributed by atoms with Gasteiger partial charge in [-0.15, -0.1) is 0 Å². The number of hydrogen-bond donors (Lipinski definition) is 1. The number of carbonyl (C=O) groups excluding carboxylic acids is 1. The number of nitrogens with one attached hydrogen (secondary N) is 1. The number of aromatic nitrogens is 2. The van der Waals surface area contributed by atoms with Crippen LogP contribution in [-0.2, 0) is 29.2 Å². The molecule has 7 heteroatoms. The van der Waals surface area contributed by atoms with Crippen LogP contribution < -0.4 is 10.9 Å². The van der Waals surface area contributed by atoms with E-state index in [4.69, 9.17) is 4.74 Å². The van der Waals surface area contributed by atoms with Crippen molar-refractivity contribution in [3.63, 3.8) is 0 Å². The van der Waals surface area contributed by atoms with Crippen LogP contribution in [-0.4, -0.2) is 45.9 Å². The fourth-order valence-electron chi connectivity index (χ4n) is 4.25. The van der Waals surface area contributed by atoms with Crippen LogP contribution in [0.3, 0.4) is 0 Å². The van der Waals surface area contributed by atoms with E-state index in [9.17, 15) is 9.59 Å². The van der Waals surface area contributed by atoms with E-state index in [0.717, 1.165) is 30.8 Å². The highest BCUT2D eigenvalue weighted by Crippen LogP contribution is 2.17. The number of hydrogen-bond acceptors (Lipinski definition) is 5. The maximum absolute atomic E-state index is 12.6. The second-order valence-corrected chi connectivity index (χ2v) is 8.58. The molecule has 0 bridgehead atoms. The van der Waals surface area contributed by atoms with Crippen LogP contribution in [0.2, 0.25) is 0 Å². The molecule has 1 fully saturated rings. The number of morpholine rings is 1. The van der Waals surface area contributed by atoms with Crippen LogP contribution in [0.1, 0.15) is 25.0 Å². The Morgan fingerprint density at radius 3 is 2.36 bits per heavy atom. The molecule has 1 saturated heterocycles. The van der Waals surface area contributed by atoms with Crippen molar-refractivity contribution >= 4 is 5.91 Å². The lowest BCUT2D eigenvalue weighted by Crippen LogP contribution is -2.45. The predicted molar refractivity (Wildman–Crippen MR) is 128 cm³/mol. The Hall–Kier alpha value is -3.29. The Kier molecular flexibility index (Phi) is 7.32. The molecule has 0 radical (unpaired) electrons. The van der Waals surface area contributed by atoms with Crippen molar-refractivity contribution in [1.29, 1.82) is 0 Å². The predicted octanol–water partition coefficient (Wildman–Crippen LogP) is 2.84. The number of nitrogens with zero attached hydrogens (tertiary/aromatic N) is 3. The van der Waals surface area contributed by atoms with Gasteiger partial charge in [-0.05, 0) is 31.0 Å². The molecule has 1 aliphatic rings. The molecule has 172 valence electrons. The van der Waals surface area contributed by atoms with Gasteiger partial charge in [-0.1, -0.05) is 54.6 Å². The highest BCUT2D eigenvalue weighted by atomic mass is 16.5. The van der Waals surface area contributed by atoms with Gasteiger partial charge in [0.2, 0.25) is 5.91 Å². The summed E-state index contributed by atoms with van der Waals surface area (Å²) < 4.78 is 7.04. The van der Waals surface area contributed by atoms with Crippen LogP contribution in [0.4, 0.5) is 0 Å². The summed E-state index contributed by atoms with van der Waals surface area (Å²) in [6.45, 7) is 7.05.